The van der Waals surface area contributed by atoms with E-state index in [4.69, 9.17) is 23.2 Å². The summed E-state index contributed by atoms with van der Waals surface area (Å²) in [5.41, 5.74) is 0.515. The fourth-order valence-corrected chi connectivity index (χ4v) is 2.38. The summed E-state index contributed by atoms with van der Waals surface area (Å²) < 4.78 is 27.0. The van der Waals surface area contributed by atoms with Gasteiger partial charge in [-0.05, 0) is 35.9 Å². The van der Waals surface area contributed by atoms with E-state index in [1.807, 2.05) is 0 Å². The van der Waals surface area contributed by atoms with Crippen molar-refractivity contribution in [3.63, 3.8) is 0 Å². The summed E-state index contributed by atoms with van der Waals surface area (Å²) in [4.78, 5) is 0. The molecule has 1 N–H and O–H groups in total. The normalized spacial score (nSPS) is 12.4. The van der Waals surface area contributed by atoms with Crippen LogP contribution in [0.4, 0.5) is 8.78 Å². The maximum atomic E-state index is 13.5. The van der Waals surface area contributed by atoms with E-state index in [2.05, 4.69) is 0 Å². The van der Waals surface area contributed by atoms with Gasteiger partial charge in [-0.3, -0.25) is 0 Å². The van der Waals surface area contributed by atoms with E-state index in [-0.39, 0.29) is 18.4 Å². The molecular weight excluding hydrogens is 305 g/mol. The molecule has 1 unspecified atom stereocenters. The highest BCUT2D eigenvalue weighted by Crippen LogP contribution is 2.23. The monoisotopic (exact) mass is 316 g/mol. The second-order valence-corrected chi connectivity index (χ2v) is 5.34. The standard InChI is InChI=1S/C15H12Cl2F2O/c16-10-4-5-13(17)9(6-10)7-11(20)8-12-14(18)2-1-3-15(12)19/h1-6,11,20H,7-8H2. The smallest absolute Gasteiger partial charge is 0.129 e. The van der Waals surface area contributed by atoms with Gasteiger partial charge in [0.2, 0.25) is 0 Å². The van der Waals surface area contributed by atoms with Gasteiger partial charge in [0.15, 0.2) is 0 Å². The van der Waals surface area contributed by atoms with Gasteiger partial charge < -0.3 is 5.11 Å². The van der Waals surface area contributed by atoms with Crippen LogP contribution in [0.3, 0.4) is 0 Å². The van der Waals surface area contributed by atoms with Crippen LogP contribution in [0, 0.1) is 11.6 Å². The molecule has 0 aliphatic rings. The summed E-state index contributed by atoms with van der Waals surface area (Å²) in [7, 11) is 0. The molecule has 5 heteroatoms. The van der Waals surface area contributed by atoms with E-state index >= 15 is 0 Å². The Hall–Kier alpha value is -1.16. The highest BCUT2D eigenvalue weighted by Gasteiger charge is 2.15. The van der Waals surface area contributed by atoms with Crippen LogP contribution in [-0.4, -0.2) is 11.2 Å². The Bertz CT molecular complexity index is 597. The van der Waals surface area contributed by atoms with Crippen LogP contribution in [0.5, 0.6) is 0 Å². The lowest BCUT2D eigenvalue weighted by atomic mass is 10.0. The van der Waals surface area contributed by atoms with Gasteiger partial charge in [0, 0.05) is 28.5 Å². The van der Waals surface area contributed by atoms with E-state index in [0.29, 0.717) is 15.6 Å². The maximum Gasteiger partial charge on any atom is 0.129 e. The van der Waals surface area contributed by atoms with Crippen LogP contribution in [0.15, 0.2) is 36.4 Å². The minimum absolute atomic E-state index is 0.124. The van der Waals surface area contributed by atoms with Crippen molar-refractivity contribution in [3.8, 4) is 0 Å². The lowest BCUT2D eigenvalue weighted by Crippen LogP contribution is -2.16. The predicted molar refractivity (Wildman–Crippen MR) is 76.2 cm³/mol. The van der Waals surface area contributed by atoms with Crippen LogP contribution < -0.4 is 0 Å². The van der Waals surface area contributed by atoms with Crippen molar-refractivity contribution in [2.45, 2.75) is 18.9 Å². The number of hydrogen-bond donors (Lipinski definition) is 1. The molecule has 0 radical (unpaired) electrons. The van der Waals surface area contributed by atoms with Crippen molar-refractivity contribution in [1.29, 1.82) is 0 Å². The number of aliphatic hydroxyl groups is 1. The fourth-order valence-electron chi connectivity index (χ4n) is 1.99. The second kappa shape index (κ2) is 6.53. The molecule has 0 spiro atoms. The van der Waals surface area contributed by atoms with Crippen molar-refractivity contribution < 1.29 is 13.9 Å². The molecule has 2 rings (SSSR count). The van der Waals surface area contributed by atoms with Crippen LogP contribution in [0.1, 0.15) is 11.1 Å². The van der Waals surface area contributed by atoms with Gasteiger partial charge in [-0.1, -0.05) is 29.3 Å². The zero-order valence-electron chi connectivity index (χ0n) is 10.4. The van der Waals surface area contributed by atoms with Gasteiger partial charge in [-0.2, -0.15) is 0 Å². The van der Waals surface area contributed by atoms with Crippen LogP contribution in [0.25, 0.3) is 0 Å². The van der Waals surface area contributed by atoms with E-state index in [1.54, 1.807) is 18.2 Å². The first-order valence-corrected chi connectivity index (χ1v) is 6.78. The van der Waals surface area contributed by atoms with Gasteiger partial charge in [0.25, 0.3) is 0 Å². The van der Waals surface area contributed by atoms with E-state index < -0.39 is 17.7 Å². The first-order chi connectivity index (χ1) is 9.47. The van der Waals surface area contributed by atoms with Gasteiger partial charge >= 0.3 is 0 Å². The number of aliphatic hydroxyl groups excluding tert-OH is 1. The molecule has 0 saturated heterocycles. The summed E-state index contributed by atoms with van der Waals surface area (Å²) in [6, 6.07) is 8.50. The van der Waals surface area contributed by atoms with Gasteiger partial charge in [0.05, 0.1) is 6.10 Å². The summed E-state index contributed by atoms with van der Waals surface area (Å²) in [5, 5.41) is 10.9. The molecule has 2 aromatic rings. The van der Waals surface area contributed by atoms with Crippen LogP contribution in [-0.2, 0) is 12.8 Å². The third kappa shape index (κ3) is 3.69. The molecule has 1 atom stereocenters. The molecule has 0 amide bonds. The van der Waals surface area contributed by atoms with Crippen molar-refractivity contribution in [2.75, 3.05) is 0 Å². The minimum atomic E-state index is -0.947. The van der Waals surface area contributed by atoms with Crippen molar-refractivity contribution in [2.24, 2.45) is 0 Å². The number of benzene rings is 2. The molecule has 1 nitrogen and oxygen atoms in total. The molecule has 2 aromatic carbocycles. The highest BCUT2D eigenvalue weighted by atomic mass is 35.5. The largest absolute Gasteiger partial charge is 0.392 e. The number of hydrogen-bond acceptors (Lipinski definition) is 1. The summed E-state index contributed by atoms with van der Waals surface area (Å²) >= 11 is 11.8. The average molecular weight is 317 g/mol. The molecule has 0 fully saturated rings. The Morgan fingerprint density at radius 3 is 2.30 bits per heavy atom. The molecule has 0 aliphatic carbocycles. The predicted octanol–water partition coefficient (Wildman–Crippen LogP) is 4.42. The molecule has 0 bridgehead atoms. The Kier molecular flexibility index (Phi) is 4.97. The molecule has 0 saturated carbocycles. The summed E-state index contributed by atoms with van der Waals surface area (Å²) in [5.74, 6) is -1.33. The zero-order chi connectivity index (χ0) is 14.7. The Morgan fingerprint density at radius 1 is 1.00 bits per heavy atom. The van der Waals surface area contributed by atoms with Crippen LogP contribution >= 0.6 is 23.2 Å². The number of rotatable bonds is 4. The minimum Gasteiger partial charge on any atom is -0.392 e. The van der Waals surface area contributed by atoms with Gasteiger partial charge in [-0.25, -0.2) is 8.78 Å². The third-order valence-electron chi connectivity index (χ3n) is 2.96. The van der Waals surface area contributed by atoms with Crippen molar-refractivity contribution in [1.82, 2.24) is 0 Å². The van der Waals surface area contributed by atoms with Crippen molar-refractivity contribution >= 4 is 23.2 Å². The van der Waals surface area contributed by atoms with Gasteiger partial charge in [0.1, 0.15) is 11.6 Å². The Morgan fingerprint density at radius 2 is 1.65 bits per heavy atom. The molecular formula is C15H12Cl2F2O. The molecule has 106 valence electrons. The lowest BCUT2D eigenvalue weighted by molar-refractivity contribution is 0.172. The molecule has 20 heavy (non-hydrogen) atoms. The third-order valence-corrected chi connectivity index (χ3v) is 3.57. The topological polar surface area (TPSA) is 20.2 Å². The average Bonchev–Trinajstić information content (AvgIpc) is 2.38. The SMILES string of the molecule is OC(Cc1cc(Cl)ccc1Cl)Cc1c(F)cccc1F. The lowest BCUT2D eigenvalue weighted by Gasteiger charge is -2.13. The molecule has 0 aliphatic heterocycles. The first kappa shape index (κ1) is 15.2. The molecule has 0 heterocycles. The number of halogens is 4. The summed E-state index contributed by atoms with van der Waals surface area (Å²) in [6.45, 7) is 0. The Labute approximate surface area is 125 Å². The van der Waals surface area contributed by atoms with E-state index in [1.165, 1.54) is 6.07 Å². The van der Waals surface area contributed by atoms with Crippen LogP contribution in [0.2, 0.25) is 10.0 Å². The quantitative estimate of drug-likeness (QED) is 0.885. The maximum absolute atomic E-state index is 13.5. The van der Waals surface area contributed by atoms with E-state index in [9.17, 15) is 13.9 Å². The summed E-state index contributed by atoms with van der Waals surface area (Å²) in [6.07, 6.45) is -0.897. The van der Waals surface area contributed by atoms with Crippen molar-refractivity contribution in [3.05, 3.63) is 69.2 Å². The Balaban J connectivity index is 2.13. The second-order valence-electron chi connectivity index (χ2n) is 4.50. The van der Waals surface area contributed by atoms with Gasteiger partial charge in [-0.15, -0.1) is 0 Å². The zero-order valence-corrected chi connectivity index (χ0v) is 11.9. The molecule has 0 aromatic heterocycles. The fraction of sp³-hybridized carbons (Fsp3) is 0.200. The van der Waals surface area contributed by atoms with E-state index in [0.717, 1.165) is 12.1 Å². The highest BCUT2D eigenvalue weighted by molar-refractivity contribution is 6.33. The first-order valence-electron chi connectivity index (χ1n) is 6.02.